The molecule has 0 atom stereocenters. The maximum absolute atomic E-state index is 12.0. The fraction of sp³-hybridized carbons (Fsp3) is 0.167. The number of aromatic nitrogens is 1. The van der Waals surface area contributed by atoms with Crippen molar-refractivity contribution in [2.24, 2.45) is 0 Å². The topological polar surface area (TPSA) is 76.1 Å². The van der Waals surface area contributed by atoms with Crippen LogP contribution >= 0.6 is 22.9 Å². The molecule has 1 aromatic heterocycles. The number of amides is 1. The Bertz CT molecular complexity index is 741. The molecule has 0 bridgehead atoms. The summed E-state index contributed by atoms with van der Waals surface area (Å²) >= 11 is 6.89. The zero-order chi connectivity index (χ0) is 14.8. The second-order valence-electron chi connectivity index (χ2n) is 4.03. The van der Waals surface area contributed by atoms with Gasteiger partial charge < -0.3 is 0 Å². The van der Waals surface area contributed by atoms with Crippen molar-refractivity contribution in [3.05, 3.63) is 40.9 Å². The Kier molecular flexibility index (Phi) is 4.42. The van der Waals surface area contributed by atoms with Crippen molar-refractivity contribution >= 4 is 43.8 Å². The predicted molar refractivity (Wildman–Crippen MR) is 79.2 cm³/mol. The average molecular weight is 331 g/mol. The van der Waals surface area contributed by atoms with Gasteiger partial charge in [0.25, 0.3) is 5.91 Å². The van der Waals surface area contributed by atoms with Gasteiger partial charge in [-0.15, -0.1) is 22.9 Å². The van der Waals surface area contributed by atoms with Crippen molar-refractivity contribution in [3.63, 3.8) is 0 Å². The number of nitrogens with one attached hydrogen (secondary N) is 1. The van der Waals surface area contributed by atoms with Crippen molar-refractivity contribution in [3.8, 4) is 0 Å². The Hall–Kier alpha value is -1.44. The molecule has 0 aliphatic heterocycles. The first-order chi connectivity index (χ1) is 9.40. The van der Waals surface area contributed by atoms with Crippen LogP contribution in [-0.4, -0.2) is 25.6 Å². The Morgan fingerprint density at radius 3 is 2.80 bits per heavy atom. The molecular weight excluding hydrogens is 320 g/mol. The minimum Gasteiger partial charge on any atom is -0.298 e. The van der Waals surface area contributed by atoms with Crippen molar-refractivity contribution in [2.75, 3.05) is 11.6 Å². The van der Waals surface area contributed by atoms with Crippen LogP contribution in [-0.2, 0) is 15.7 Å². The summed E-state index contributed by atoms with van der Waals surface area (Å²) in [6, 6.07) is 5.85. The van der Waals surface area contributed by atoms with Crippen LogP contribution in [0.4, 0.5) is 5.13 Å². The van der Waals surface area contributed by atoms with E-state index in [1.807, 2.05) is 0 Å². The van der Waals surface area contributed by atoms with Gasteiger partial charge in [0.1, 0.15) is 0 Å². The third kappa shape index (κ3) is 3.56. The van der Waals surface area contributed by atoms with Crippen molar-refractivity contribution in [1.29, 1.82) is 0 Å². The number of anilines is 1. The standard InChI is InChI=1S/C12H11ClN2O3S2/c1-20(17,18)10-4-2-3-8(5-10)11(16)15-12-14-9(6-13)7-19-12/h2-5,7H,6H2,1H3,(H,14,15,16). The lowest BCUT2D eigenvalue weighted by molar-refractivity contribution is 0.102. The van der Waals surface area contributed by atoms with E-state index >= 15 is 0 Å². The minimum absolute atomic E-state index is 0.103. The van der Waals surface area contributed by atoms with E-state index in [1.54, 1.807) is 11.4 Å². The molecule has 20 heavy (non-hydrogen) atoms. The first kappa shape index (κ1) is 15.0. The van der Waals surface area contributed by atoms with Crippen LogP contribution in [0.1, 0.15) is 16.1 Å². The van der Waals surface area contributed by atoms with E-state index in [0.29, 0.717) is 10.8 Å². The van der Waals surface area contributed by atoms with E-state index in [9.17, 15) is 13.2 Å². The molecule has 0 radical (unpaired) electrons. The molecule has 0 spiro atoms. The van der Waals surface area contributed by atoms with E-state index in [1.165, 1.54) is 29.5 Å². The zero-order valence-corrected chi connectivity index (χ0v) is 12.8. The fourth-order valence-corrected chi connectivity index (χ4v) is 3.06. The average Bonchev–Trinajstić information content (AvgIpc) is 2.85. The molecular formula is C12H11ClN2O3S2. The largest absolute Gasteiger partial charge is 0.298 e. The number of halogens is 1. The summed E-state index contributed by atoms with van der Waals surface area (Å²) in [7, 11) is -3.34. The molecule has 1 aromatic carbocycles. The van der Waals surface area contributed by atoms with Crippen LogP contribution in [0.2, 0.25) is 0 Å². The third-order valence-electron chi connectivity index (χ3n) is 2.43. The van der Waals surface area contributed by atoms with Gasteiger partial charge in [0.05, 0.1) is 16.5 Å². The molecule has 2 aromatic rings. The number of hydrogen-bond donors (Lipinski definition) is 1. The fourth-order valence-electron chi connectivity index (χ4n) is 1.46. The number of hydrogen-bond acceptors (Lipinski definition) is 5. The van der Waals surface area contributed by atoms with Crippen LogP contribution in [0.5, 0.6) is 0 Å². The molecule has 1 amide bonds. The Morgan fingerprint density at radius 1 is 1.45 bits per heavy atom. The highest BCUT2D eigenvalue weighted by molar-refractivity contribution is 7.90. The van der Waals surface area contributed by atoms with Gasteiger partial charge in [-0.3, -0.25) is 10.1 Å². The van der Waals surface area contributed by atoms with Gasteiger partial charge in [-0.1, -0.05) is 6.07 Å². The maximum Gasteiger partial charge on any atom is 0.257 e. The number of rotatable bonds is 4. The predicted octanol–water partition coefficient (Wildman–Crippen LogP) is 2.54. The molecule has 0 aliphatic carbocycles. The van der Waals surface area contributed by atoms with Gasteiger partial charge in [0.15, 0.2) is 15.0 Å². The molecule has 0 saturated carbocycles. The quantitative estimate of drug-likeness (QED) is 0.874. The molecule has 0 fully saturated rings. The number of carbonyl (C=O) groups is 1. The molecule has 5 nitrogen and oxygen atoms in total. The Balaban J connectivity index is 2.21. The first-order valence-electron chi connectivity index (χ1n) is 5.52. The van der Waals surface area contributed by atoms with Crippen LogP contribution in [0.15, 0.2) is 34.5 Å². The van der Waals surface area contributed by atoms with Crippen LogP contribution in [0, 0.1) is 0 Å². The van der Waals surface area contributed by atoms with Gasteiger partial charge in [-0.2, -0.15) is 0 Å². The lowest BCUT2D eigenvalue weighted by atomic mass is 10.2. The smallest absolute Gasteiger partial charge is 0.257 e. The van der Waals surface area contributed by atoms with E-state index in [2.05, 4.69) is 10.3 Å². The maximum atomic E-state index is 12.0. The molecule has 2 rings (SSSR count). The monoisotopic (exact) mass is 330 g/mol. The first-order valence-corrected chi connectivity index (χ1v) is 8.82. The van der Waals surface area contributed by atoms with Crippen molar-refractivity contribution < 1.29 is 13.2 Å². The molecule has 0 saturated heterocycles. The van der Waals surface area contributed by atoms with E-state index in [-0.39, 0.29) is 16.3 Å². The van der Waals surface area contributed by atoms with Crippen LogP contribution < -0.4 is 5.32 Å². The van der Waals surface area contributed by atoms with Gasteiger partial charge in [0, 0.05) is 17.2 Å². The van der Waals surface area contributed by atoms with Crippen molar-refractivity contribution in [1.82, 2.24) is 4.98 Å². The highest BCUT2D eigenvalue weighted by Crippen LogP contribution is 2.18. The minimum atomic E-state index is -3.34. The number of nitrogens with zero attached hydrogens (tertiary/aromatic N) is 1. The summed E-state index contributed by atoms with van der Waals surface area (Å²) in [5, 5.41) is 4.78. The SMILES string of the molecule is CS(=O)(=O)c1cccc(C(=O)Nc2nc(CCl)cs2)c1. The van der Waals surface area contributed by atoms with Crippen molar-refractivity contribution in [2.45, 2.75) is 10.8 Å². The third-order valence-corrected chi connectivity index (χ3v) is 4.62. The number of alkyl halides is 1. The lowest BCUT2D eigenvalue weighted by Gasteiger charge is -2.03. The normalized spacial score (nSPS) is 11.3. The molecule has 1 heterocycles. The van der Waals surface area contributed by atoms with E-state index in [0.717, 1.165) is 6.26 Å². The van der Waals surface area contributed by atoms with E-state index in [4.69, 9.17) is 11.6 Å². The van der Waals surface area contributed by atoms with Gasteiger partial charge in [-0.25, -0.2) is 13.4 Å². The van der Waals surface area contributed by atoms with Crippen LogP contribution in [0.3, 0.4) is 0 Å². The summed E-state index contributed by atoms with van der Waals surface area (Å²) in [5.41, 5.74) is 0.937. The molecule has 8 heteroatoms. The number of benzene rings is 1. The lowest BCUT2D eigenvalue weighted by Crippen LogP contribution is -2.12. The summed E-state index contributed by atoms with van der Waals surface area (Å²) in [6.07, 6.45) is 1.09. The number of thiazole rings is 1. The highest BCUT2D eigenvalue weighted by Gasteiger charge is 2.13. The summed E-state index contributed by atoms with van der Waals surface area (Å²) in [6.45, 7) is 0. The summed E-state index contributed by atoms with van der Waals surface area (Å²) in [4.78, 5) is 16.2. The molecule has 0 aliphatic rings. The molecule has 106 valence electrons. The summed E-state index contributed by atoms with van der Waals surface area (Å²) in [5.74, 6) is -0.137. The van der Waals surface area contributed by atoms with E-state index < -0.39 is 15.7 Å². The van der Waals surface area contributed by atoms with Crippen LogP contribution in [0.25, 0.3) is 0 Å². The van der Waals surface area contributed by atoms with Gasteiger partial charge >= 0.3 is 0 Å². The Labute approximate surface area is 125 Å². The number of carbonyl (C=O) groups excluding carboxylic acids is 1. The second-order valence-corrected chi connectivity index (χ2v) is 7.17. The molecule has 1 N–H and O–H groups in total. The van der Waals surface area contributed by atoms with Gasteiger partial charge in [0.2, 0.25) is 0 Å². The highest BCUT2D eigenvalue weighted by atomic mass is 35.5. The zero-order valence-electron chi connectivity index (χ0n) is 10.5. The molecule has 0 unspecified atom stereocenters. The number of sulfone groups is 1. The van der Waals surface area contributed by atoms with Gasteiger partial charge in [-0.05, 0) is 18.2 Å². The second kappa shape index (κ2) is 5.90. The summed E-state index contributed by atoms with van der Waals surface area (Å²) < 4.78 is 22.9. The Morgan fingerprint density at radius 2 is 2.20 bits per heavy atom.